The number of amides is 1. The van der Waals surface area contributed by atoms with Gasteiger partial charge in [0.05, 0.1) is 0 Å². The Morgan fingerprint density at radius 3 is 2.59 bits per heavy atom. The van der Waals surface area contributed by atoms with E-state index < -0.39 is 10.9 Å². The lowest BCUT2D eigenvalue weighted by Crippen LogP contribution is -2.29. The number of carbonyl (C=O) groups is 1. The summed E-state index contributed by atoms with van der Waals surface area (Å²) in [5.74, 6) is 0.478. The largest absolute Gasteiger partial charge is 0.355 e. The third-order valence-corrected chi connectivity index (χ3v) is 4.54. The zero-order valence-electron chi connectivity index (χ0n) is 14.3. The van der Waals surface area contributed by atoms with Crippen LogP contribution in [0.25, 0.3) is 11.3 Å². The lowest BCUT2D eigenvalue weighted by Gasteiger charge is -2.16. The lowest BCUT2D eigenvalue weighted by atomic mass is 10.1. The number of nitrogens with zero attached hydrogens (tertiary/aromatic N) is 3. The van der Waals surface area contributed by atoms with E-state index in [1.807, 2.05) is 30.3 Å². The predicted molar refractivity (Wildman–Crippen MR) is 101 cm³/mol. The molecule has 0 fully saturated rings. The molecule has 140 valence electrons. The molecule has 0 unspecified atom stereocenters. The van der Waals surface area contributed by atoms with Gasteiger partial charge in [-0.25, -0.2) is 13.4 Å². The fourth-order valence-electron chi connectivity index (χ4n) is 2.43. The summed E-state index contributed by atoms with van der Waals surface area (Å²) in [5, 5.41) is 6.48. The topological polar surface area (TPSA) is 105 Å². The molecule has 0 bridgehead atoms. The number of thiol groups is 1. The van der Waals surface area contributed by atoms with Gasteiger partial charge in [0.1, 0.15) is 5.82 Å². The summed E-state index contributed by atoms with van der Waals surface area (Å²) in [7, 11) is -2.81. The number of pyridine rings is 1. The number of anilines is 1. The van der Waals surface area contributed by atoms with Crippen molar-refractivity contribution >= 4 is 22.6 Å². The minimum absolute atomic E-state index is 0.172. The van der Waals surface area contributed by atoms with Crippen LogP contribution in [0.4, 0.5) is 5.82 Å². The van der Waals surface area contributed by atoms with E-state index in [1.54, 1.807) is 24.3 Å². The Bertz CT molecular complexity index is 950. The quantitative estimate of drug-likeness (QED) is 0.452. The Balaban J connectivity index is 1.52. The summed E-state index contributed by atoms with van der Waals surface area (Å²) in [5.41, 5.74) is 1.000. The highest BCUT2D eigenvalue weighted by Crippen LogP contribution is 2.19. The smallest absolute Gasteiger partial charge is 0.273 e. The van der Waals surface area contributed by atoms with Crippen molar-refractivity contribution in [2.24, 2.45) is 0 Å². The Kier molecular flexibility index (Phi) is 6.16. The molecule has 2 aromatic heterocycles. The van der Waals surface area contributed by atoms with Crippen molar-refractivity contribution in [3.05, 3.63) is 66.5 Å². The second-order valence-corrected chi connectivity index (χ2v) is 6.56. The van der Waals surface area contributed by atoms with E-state index in [0.717, 1.165) is 5.56 Å². The first-order chi connectivity index (χ1) is 13.1. The number of hydrogen-bond acceptors (Lipinski definition) is 6. The molecule has 2 heterocycles. The van der Waals surface area contributed by atoms with Gasteiger partial charge >= 0.3 is 0 Å². The molecule has 0 saturated heterocycles. The lowest BCUT2D eigenvalue weighted by molar-refractivity contribution is 0.0944. The minimum Gasteiger partial charge on any atom is -0.355 e. The summed E-state index contributed by atoms with van der Waals surface area (Å²) in [4.78, 5) is 16.2. The molecule has 1 amide bonds. The van der Waals surface area contributed by atoms with E-state index in [-0.39, 0.29) is 18.1 Å². The van der Waals surface area contributed by atoms with Gasteiger partial charge in [-0.3, -0.25) is 9.10 Å². The summed E-state index contributed by atoms with van der Waals surface area (Å²) >= 11 is 0. The van der Waals surface area contributed by atoms with Crippen molar-refractivity contribution in [3.8, 4) is 11.3 Å². The van der Waals surface area contributed by atoms with Crippen LogP contribution < -0.4 is 9.62 Å². The molecule has 1 N–H and O–H groups in total. The van der Waals surface area contributed by atoms with Gasteiger partial charge in [0.15, 0.2) is 11.5 Å². The van der Waals surface area contributed by atoms with Crippen molar-refractivity contribution in [2.75, 3.05) is 17.4 Å². The number of aromatic nitrogens is 2. The third kappa shape index (κ3) is 4.91. The minimum atomic E-state index is -2.81. The van der Waals surface area contributed by atoms with Crippen molar-refractivity contribution < 1.29 is 17.7 Å². The summed E-state index contributed by atoms with van der Waals surface area (Å²) in [6.07, 6.45) is 1.95. The van der Waals surface area contributed by atoms with Gasteiger partial charge in [-0.2, -0.15) is 0 Å². The van der Waals surface area contributed by atoms with Crippen LogP contribution in [0.5, 0.6) is 0 Å². The van der Waals surface area contributed by atoms with Gasteiger partial charge in [0.2, 0.25) is 10.9 Å². The van der Waals surface area contributed by atoms with E-state index in [2.05, 4.69) is 15.5 Å². The van der Waals surface area contributed by atoms with Crippen LogP contribution in [0.3, 0.4) is 0 Å². The average molecular weight is 386 g/mol. The maximum atomic E-state index is 12.2. The fourth-order valence-corrected chi connectivity index (χ4v) is 3.02. The van der Waals surface area contributed by atoms with Crippen LogP contribution in [0.15, 0.2) is 65.3 Å². The molecule has 0 aliphatic rings. The number of hydrogen-bond donors (Lipinski definition) is 2. The number of nitrogens with one attached hydrogen (secondary N) is 1. The molecule has 1 aromatic carbocycles. The fraction of sp³-hybridized carbons (Fsp3) is 0.167. The van der Waals surface area contributed by atoms with Crippen LogP contribution in [-0.2, 0) is 10.9 Å². The first-order valence-corrected chi connectivity index (χ1v) is 9.41. The van der Waals surface area contributed by atoms with Gasteiger partial charge in [0.25, 0.3) is 5.91 Å². The second-order valence-electron chi connectivity index (χ2n) is 5.60. The highest BCUT2D eigenvalue weighted by molar-refractivity contribution is 7.74. The number of carbonyl (C=O) groups excluding carboxylic acids is 1. The maximum Gasteiger partial charge on any atom is 0.273 e. The molecule has 9 heteroatoms. The molecule has 0 saturated carbocycles. The third-order valence-electron chi connectivity index (χ3n) is 3.74. The molecule has 3 aromatic rings. The highest BCUT2D eigenvalue weighted by atomic mass is 32.2. The van der Waals surface area contributed by atoms with Crippen molar-refractivity contribution in [1.29, 1.82) is 0 Å². The molecular weight excluding hydrogens is 368 g/mol. The molecule has 27 heavy (non-hydrogen) atoms. The Labute approximate surface area is 157 Å². The van der Waals surface area contributed by atoms with Gasteiger partial charge in [-0.05, 0) is 18.6 Å². The number of rotatable bonds is 8. The van der Waals surface area contributed by atoms with Gasteiger partial charge in [-0.1, -0.05) is 41.6 Å². The molecular formula is C18H18N4O4S. The monoisotopic (exact) mass is 386 g/mol. The van der Waals surface area contributed by atoms with Crippen LogP contribution in [0.1, 0.15) is 16.9 Å². The zero-order valence-corrected chi connectivity index (χ0v) is 15.2. The standard InChI is InChI=1S/C18H18N4O4S/c23-18(15-13-16(26-21-15)14-7-2-1-3-8-14)20-11-6-12-22(27(24)25)17-9-4-5-10-19-17/h1-5,7-10,13,27H,6,11-12H2,(H,20,23). The normalized spacial score (nSPS) is 10.7. The zero-order chi connectivity index (χ0) is 19.1. The van der Waals surface area contributed by atoms with Crippen LogP contribution in [0.2, 0.25) is 0 Å². The molecule has 0 spiro atoms. The highest BCUT2D eigenvalue weighted by Gasteiger charge is 2.14. The summed E-state index contributed by atoms with van der Waals surface area (Å²) in [6, 6.07) is 15.9. The van der Waals surface area contributed by atoms with E-state index >= 15 is 0 Å². The second kappa shape index (κ2) is 8.95. The molecule has 8 nitrogen and oxygen atoms in total. The van der Waals surface area contributed by atoms with Gasteiger partial charge < -0.3 is 9.84 Å². The first-order valence-electron chi connectivity index (χ1n) is 8.28. The van der Waals surface area contributed by atoms with Crippen LogP contribution in [-0.4, -0.2) is 37.6 Å². The Morgan fingerprint density at radius 2 is 1.89 bits per heavy atom. The van der Waals surface area contributed by atoms with Crippen LogP contribution >= 0.6 is 0 Å². The summed E-state index contributed by atoms with van der Waals surface area (Å²) < 4.78 is 29.2. The van der Waals surface area contributed by atoms with Crippen molar-refractivity contribution in [2.45, 2.75) is 6.42 Å². The molecule has 0 aliphatic heterocycles. The van der Waals surface area contributed by atoms with Crippen LogP contribution in [0, 0.1) is 0 Å². The van der Waals surface area contributed by atoms with Gasteiger partial charge in [-0.15, -0.1) is 0 Å². The molecule has 3 rings (SSSR count). The molecule has 0 atom stereocenters. The van der Waals surface area contributed by atoms with E-state index in [0.29, 0.717) is 24.5 Å². The van der Waals surface area contributed by atoms with E-state index in [1.165, 1.54) is 10.5 Å². The van der Waals surface area contributed by atoms with Gasteiger partial charge in [0, 0.05) is 30.9 Å². The average Bonchev–Trinajstić information content (AvgIpc) is 3.19. The predicted octanol–water partition coefficient (Wildman–Crippen LogP) is 1.89. The van der Waals surface area contributed by atoms with E-state index in [9.17, 15) is 13.2 Å². The van der Waals surface area contributed by atoms with Crippen molar-refractivity contribution in [3.63, 3.8) is 0 Å². The maximum absolute atomic E-state index is 12.2. The molecule has 0 aliphatic carbocycles. The van der Waals surface area contributed by atoms with Crippen molar-refractivity contribution in [1.82, 2.24) is 15.5 Å². The summed E-state index contributed by atoms with van der Waals surface area (Å²) in [6.45, 7) is 0.503. The van der Waals surface area contributed by atoms with E-state index in [4.69, 9.17) is 4.52 Å². The Hall–Kier alpha value is -3.20. The Morgan fingerprint density at radius 1 is 1.11 bits per heavy atom. The SMILES string of the molecule is O=C(NCCCN(c1ccccn1)[SH](=O)=O)c1cc(-c2ccccc2)on1. The first kappa shape index (κ1) is 18.6. The molecule has 0 radical (unpaired) electrons. The number of benzene rings is 1.